The predicted molar refractivity (Wildman–Crippen MR) is 83.2 cm³/mol. The highest BCUT2D eigenvalue weighted by Gasteiger charge is 2.18. The third-order valence-electron chi connectivity index (χ3n) is 3.11. The van der Waals surface area contributed by atoms with Crippen LogP contribution in [-0.2, 0) is 6.54 Å². The fraction of sp³-hybridized carbons (Fsp3) is 0.214. The number of carbonyl (C=O) groups excluding carboxylic acids is 1. The second kappa shape index (κ2) is 5.53. The zero-order valence-corrected chi connectivity index (χ0v) is 12.3. The molecule has 0 aliphatic heterocycles. The van der Waals surface area contributed by atoms with E-state index in [0.717, 1.165) is 10.2 Å². The van der Waals surface area contributed by atoms with Gasteiger partial charge < -0.3 is 11.1 Å². The maximum Gasteiger partial charge on any atom is 0.263 e. The zero-order chi connectivity index (χ0) is 14.8. The molecule has 3 aromatic heterocycles. The molecule has 1 atom stereocenters. The van der Waals surface area contributed by atoms with Crippen molar-refractivity contribution in [3.05, 3.63) is 41.7 Å². The standard InChI is InChI=1S/C14H15N5OS/c1-9(8-19-7-3-6-17-19)18-13(20)12-11(15)10-4-2-5-16-14(10)21-12/h2-7,9H,8,15H2,1H3,(H,18,20). The highest BCUT2D eigenvalue weighted by Crippen LogP contribution is 2.31. The van der Waals surface area contributed by atoms with Gasteiger partial charge in [0.1, 0.15) is 9.71 Å². The van der Waals surface area contributed by atoms with Crippen molar-refractivity contribution in [1.29, 1.82) is 0 Å². The molecule has 0 fully saturated rings. The number of nitrogens with one attached hydrogen (secondary N) is 1. The van der Waals surface area contributed by atoms with Gasteiger partial charge in [-0.3, -0.25) is 9.48 Å². The Morgan fingerprint density at radius 2 is 2.33 bits per heavy atom. The Kier molecular flexibility index (Phi) is 3.57. The average Bonchev–Trinajstić information content (AvgIpc) is 3.07. The summed E-state index contributed by atoms with van der Waals surface area (Å²) in [6, 6.07) is 5.49. The molecule has 108 valence electrons. The molecule has 1 unspecified atom stereocenters. The van der Waals surface area contributed by atoms with E-state index in [4.69, 9.17) is 5.73 Å². The molecule has 21 heavy (non-hydrogen) atoms. The van der Waals surface area contributed by atoms with Crippen LogP contribution in [0.25, 0.3) is 10.2 Å². The number of nitrogen functional groups attached to an aromatic ring is 1. The summed E-state index contributed by atoms with van der Waals surface area (Å²) in [5, 5.41) is 7.89. The average molecular weight is 301 g/mol. The van der Waals surface area contributed by atoms with Gasteiger partial charge >= 0.3 is 0 Å². The van der Waals surface area contributed by atoms with Crippen LogP contribution in [-0.4, -0.2) is 26.7 Å². The van der Waals surface area contributed by atoms with Gasteiger partial charge in [0.15, 0.2) is 0 Å². The van der Waals surface area contributed by atoms with Gasteiger partial charge in [-0.15, -0.1) is 11.3 Å². The Balaban J connectivity index is 1.76. The number of amides is 1. The smallest absolute Gasteiger partial charge is 0.263 e. The van der Waals surface area contributed by atoms with E-state index >= 15 is 0 Å². The van der Waals surface area contributed by atoms with E-state index in [1.807, 2.05) is 31.3 Å². The van der Waals surface area contributed by atoms with Crippen LogP contribution in [0.3, 0.4) is 0 Å². The molecular formula is C14H15N5OS. The highest BCUT2D eigenvalue weighted by atomic mass is 32.1. The summed E-state index contributed by atoms with van der Waals surface area (Å²) in [7, 11) is 0. The molecule has 0 aromatic carbocycles. The number of pyridine rings is 1. The first kappa shape index (κ1) is 13.6. The number of hydrogen-bond donors (Lipinski definition) is 2. The number of aromatic nitrogens is 3. The Morgan fingerprint density at radius 1 is 1.48 bits per heavy atom. The molecule has 0 bridgehead atoms. The number of carbonyl (C=O) groups is 1. The largest absolute Gasteiger partial charge is 0.397 e. The van der Waals surface area contributed by atoms with Gasteiger partial charge in [0.05, 0.1) is 12.2 Å². The monoisotopic (exact) mass is 301 g/mol. The van der Waals surface area contributed by atoms with Crippen molar-refractivity contribution >= 4 is 33.1 Å². The van der Waals surface area contributed by atoms with Gasteiger partial charge in [0.2, 0.25) is 0 Å². The molecule has 3 rings (SSSR count). The minimum atomic E-state index is -0.171. The van der Waals surface area contributed by atoms with Crippen LogP contribution in [0.4, 0.5) is 5.69 Å². The van der Waals surface area contributed by atoms with Crippen LogP contribution < -0.4 is 11.1 Å². The summed E-state index contributed by atoms with van der Waals surface area (Å²) in [5.74, 6) is -0.171. The number of nitrogens with two attached hydrogens (primary N) is 1. The topological polar surface area (TPSA) is 85.8 Å². The first-order valence-corrected chi connectivity index (χ1v) is 7.38. The molecule has 0 spiro atoms. The molecule has 3 aromatic rings. The van der Waals surface area contributed by atoms with E-state index in [9.17, 15) is 4.79 Å². The Bertz CT molecular complexity index is 765. The molecule has 0 saturated carbocycles. The lowest BCUT2D eigenvalue weighted by Crippen LogP contribution is -2.35. The van der Waals surface area contributed by atoms with Crippen LogP contribution in [0.2, 0.25) is 0 Å². The summed E-state index contributed by atoms with van der Waals surface area (Å²) in [5.41, 5.74) is 6.54. The number of fused-ring (bicyclic) bond motifs is 1. The van der Waals surface area contributed by atoms with Gasteiger partial charge in [-0.1, -0.05) is 0 Å². The summed E-state index contributed by atoms with van der Waals surface area (Å²) in [6.45, 7) is 2.54. The Labute approximate surface area is 125 Å². The molecule has 6 nitrogen and oxygen atoms in total. The molecule has 3 N–H and O–H groups in total. The Morgan fingerprint density at radius 3 is 3.05 bits per heavy atom. The molecule has 0 saturated heterocycles. The first-order chi connectivity index (χ1) is 10.1. The van der Waals surface area contributed by atoms with Crippen molar-refractivity contribution in [3.63, 3.8) is 0 Å². The van der Waals surface area contributed by atoms with Crippen molar-refractivity contribution in [2.75, 3.05) is 5.73 Å². The van der Waals surface area contributed by atoms with E-state index in [0.29, 0.717) is 17.1 Å². The number of thiophene rings is 1. The van der Waals surface area contributed by atoms with Crippen LogP contribution in [0.1, 0.15) is 16.6 Å². The van der Waals surface area contributed by atoms with Crippen molar-refractivity contribution in [2.24, 2.45) is 0 Å². The third-order valence-corrected chi connectivity index (χ3v) is 4.24. The number of hydrogen-bond acceptors (Lipinski definition) is 5. The molecule has 3 heterocycles. The zero-order valence-electron chi connectivity index (χ0n) is 11.5. The van der Waals surface area contributed by atoms with Crippen molar-refractivity contribution in [1.82, 2.24) is 20.1 Å². The van der Waals surface area contributed by atoms with Crippen molar-refractivity contribution in [3.8, 4) is 0 Å². The first-order valence-electron chi connectivity index (χ1n) is 6.56. The van der Waals surface area contributed by atoms with Crippen LogP contribution in [0.15, 0.2) is 36.8 Å². The molecule has 0 radical (unpaired) electrons. The molecule has 0 aliphatic carbocycles. The maximum atomic E-state index is 12.3. The Hall–Kier alpha value is -2.41. The maximum absolute atomic E-state index is 12.3. The predicted octanol–water partition coefficient (Wildman–Crippen LogP) is 1.89. The quantitative estimate of drug-likeness (QED) is 0.770. The lowest BCUT2D eigenvalue weighted by atomic mass is 10.2. The lowest BCUT2D eigenvalue weighted by molar-refractivity contribution is 0.0941. The number of rotatable bonds is 4. The number of anilines is 1. The second-order valence-corrected chi connectivity index (χ2v) is 5.80. The van der Waals surface area contributed by atoms with E-state index in [-0.39, 0.29) is 11.9 Å². The van der Waals surface area contributed by atoms with Gasteiger partial charge in [0, 0.05) is 30.0 Å². The van der Waals surface area contributed by atoms with Gasteiger partial charge in [0.25, 0.3) is 5.91 Å². The van der Waals surface area contributed by atoms with Crippen LogP contribution >= 0.6 is 11.3 Å². The summed E-state index contributed by atoms with van der Waals surface area (Å²) < 4.78 is 1.78. The summed E-state index contributed by atoms with van der Waals surface area (Å²) in [4.78, 5) is 17.9. The third kappa shape index (κ3) is 2.73. The minimum Gasteiger partial charge on any atom is -0.397 e. The van der Waals surface area contributed by atoms with E-state index in [2.05, 4.69) is 15.4 Å². The van der Waals surface area contributed by atoms with Crippen LogP contribution in [0.5, 0.6) is 0 Å². The van der Waals surface area contributed by atoms with Gasteiger partial charge in [-0.25, -0.2) is 4.98 Å². The fourth-order valence-electron chi connectivity index (χ4n) is 2.14. The van der Waals surface area contributed by atoms with Crippen molar-refractivity contribution < 1.29 is 4.79 Å². The van der Waals surface area contributed by atoms with Crippen LogP contribution in [0, 0.1) is 0 Å². The van der Waals surface area contributed by atoms with Crippen molar-refractivity contribution in [2.45, 2.75) is 19.5 Å². The van der Waals surface area contributed by atoms with E-state index in [1.165, 1.54) is 11.3 Å². The summed E-state index contributed by atoms with van der Waals surface area (Å²) in [6.07, 6.45) is 5.27. The van der Waals surface area contributed by atoms with E-state index in [1.54, 1.807) is 17.1 Å². The molecular weight excluding hydrogens is 286 g/mol. The normalized spacial score (nSPS) is 12.4. The molecule has 0 aliphatic rings. The fourth-order valence-corrected chi connectivity index (χ4v) is 3.11. The molecule has 7 heteroatoms. The second-order valence-electron chi connectivity index (χ2n) is 4.80. The van der Waals surface area contributed by atoms with Gasteiger partial charge in [-0.2, -0.15) is 5.10 Å². The van der Waals surface area contributed by atoms with E-state index < -0.39 is 0 Å². The minimum absolute atomic E-state index is 0.0463. The highest BCUT2D eigenvalue weighted by molar-refractivity contribution is 7.21. The summed E-state index contributed by atoms with van der Waals surface area (Å²) >= 11 is 1.31. The van der Waals surface area contributed by atoms with Gasteiger partial charge in [-0.05, 0) is 25.1 Å². The number of nitrogens with zero attached hydrogens (tertiary/aromatic N) is 3. The SMILES string of the molecule is CC(Cn1cccn1)NC(=O)c1sc2ncccc2c1N. The lowest BCUT2D eigenvalue weighted by Gasteiger charge is -2.13. The molecule has 1 amide bonds.